The number of nitrogens with zero attached hydrogens (tertiary/aromatic N) is 1. The van der Waals surface area contributed by atoms with E-state index in [0.717, 1.165) is 10.4 Å². The van der Waals surface area contributed by atoms with Gasteiger partial charge in [0, 0.05) is 0 Å². The van der Waals surface area contributed by atoms with E-state index in [4.69, 9.17) is 4.43 Å². The molecule has 1 aromatic rings. The summed E-state index contributed by atoms with van der Waals surface area (Å²) in [7, 11) is -1.84. The van der Waals surface area contributed by atoms with Crippen LogP contribution < -0.4 is 4.43 Å². The minimum absolute atomic E-state index is 0.584. The highest BCUT2D eigenvalue weighted by molar-refractivity contribution is 9.10. The molecule has 1 aromatic heterocycles. The molecule has 0 N–H and O–H groups in total. The predicted octanol–water partition coefficient (Wildman–Crippen LogP) is 5.40. The molecule has 0 spiro atoms. The monoisotopic (exact) mass is 329 g/mol. The molecule has 0 aliphatic heterocycles. The van der Waals surface area contributed by atoms with Gasteiger partial charge in [-0.05, 0) is 44.7 Å². The van der Waals surface area contributed by atoms with Gasteiger partial charge in [-0.15, -0.1) is 0 Å². The lowest BCUT2D eigenvalue weighted by Gasteiger charge is -2.42. The maximum atomic E-state index is 6.50. The molecule has 1 heterocycles. The van der Waals surface area contributed by atoms with Gasteiger partial charge in [0.15, 0.2) is 0 Å². The molecular formula is C14H24BrNOSi. The Hall–Kier alpha value is -0.353. The Morgan fingerprint density at radius 1 is 1.00 bits per heavy atom. The van der Waals surface area contributed by atoms with Crippen molar-refractivity contribution >= 4 is 24.2 Å². The van der Waals surface area contributed by atoms with Crippen LogP contribution in [-0.4, -0.2) is 13.3 Å². The van der Waals surface area contributed by atoms with Gasteiger partial charge in [-0.25, -0.2) is 4.98 Å². The molecule has 0 bridgehead atoms. The van der Waals surface area contributed by atoms with Crippen LogP contribution >= 0.6 is 15.9 Å². The highest BCUT2D eigenvalue weighted by atomic mass is 79.9. The molecule has 0 amide bonds. The van der Waals surface area contributed by atoms with Crippen molar-refractivity contribution in [1.82, 2.24) is 4.98 Å². The smallest absolute Gasteiger partial charge is 0.258 e. The van der Waals surface area contributed by atoms with Crippen molar-refractivity contribution < 1.29 is 4.43 Å². The average molecular weight is 330 g/mol. The fourth-order valence-electron chi connectivity index (χ4n) is 2.98. The van der Waals surface area contributed by atoms with Crippen LogP contribution in [0.25, 0.3) is 0 Å². The molecule has 2 nitrogen and oxygen atoms in total. The summed E-state index contributed by atoms with van der Waals surface area (Å²) in [5, 5.41) is 0. The minimum atomic E-state index is -1.84. The number of rotatable bonds is 5. The van der Waals surface area contributed by atoms with Crippen molar-refractivity contribution in [2.45, 2.75) is 58.2 Å². The maximum absolute atomic E-state index is 6.50. The lowest BCUT2D eigenvalue weighted by molar-refractivity contribution is 0.477. The molecule has 0 fully saturated rings. The van der Waals surface area contributed by atoms with Crippen LogP contribution in [0, 0.1) is 0 Å². The summed E-state index contributed by atoms with van der Waals surface area (Å²) in [6.45, 7) is 13.7. The van der Waals surface area contributed by atoms with Crippen LogP contribution in [0.15, 0.2) is 22.9 Å². The maximum Gasteiger partial charge on any atom is 0.258 e. The largest absolute Gasteiger partial charge is 0.542 e. The molecule has 0 unspecified atom stereocenters. The topological polar surface area (TPSA) is 22.1 Å². The van der Waals surface area contributed by atoms with Crippen molar-refractivity contribution in [3.63, 3.8) is 0 Å². The summed E-state index contributed by atoms with van der Waals surface area (Å²) in [4.78, 5) is 4.26. The Morgan fingerprint density at radius 2 is 1.50 bits per heavy atom. The Balaban J connectivity index is 3.08. The fraction of sp³-hybridized carbons (Fsp3) is 0.643. The summed E-state index contributed by atoms with van der Waals surface area (Å²) >= 11 is 3.36. The van der Waals surface area contributed by atoms with Crippen molar-refractivity contribution in [3.8, 4) is 5.75 Å². The SMILES string of the molecule is CC(C)[Si](Oc1ccc(Br)nc1)(C(C)C)C(C)C. The van der Waals surface area contributed by atoms with Crippen LogP contribution in [0.2, 0.25) is 16.6 Å². The minimum Gasteiger partial charge on any atom is -0.542 e. The Bertz CT molecular complexity index is 354. The molecule has 0 aliphatic carbocycles. The quantitative estimate of drug-likeness (QED) is 0.533. The molecule has 0 aromatic carbocycles. The van der Waals surface area contributed by atoms with Gasteiger partial charge >= 0.3 is 0 Å². The summed E-state index contributed by atoms with van der Waals surface area (Å²) in [6.07, 6.45) is 1.82. The lowest BCUT2D eigenvalue weighted by Crippen LogP contribution is -2.50. The molecule has 102 valence electrons. The first kappa shape index (κ1) is 15.7. The molecule has 4 heteroatoms. The number of pyridine rings is 1. The van der Waals surface area contributed by atoms with E-state index < -0.39 is 8.32 Å². The third-order valence-electron chi connectivity index (χ3n) is 3.70. The first-order chi connectivity index (χ1) is 8.30. The van der Waals surface area contributed by atoms with Crippen molar-refractivity contribution in [2.75, 3.05) is 0 Å². The van der Waals surface area contributed by atoms with E-state index in [1.165, 1.54) is 0 Å². The van der Waals surface area contributed by atoms with Gasteiger partial charge in [0.05, 0.1) is 6.20 Å². The second kappa shape index (κ2) is 6.20. The van der Waals surface area contributed by atoms with Crippen molar-refractivity contribution in [3.05, 3.63) is 22.9 Å². The fourth-order valence-corrected chi connectivity index (χ4v) is 8.45. The van der Waals surface area contributed by atoms with E-state index in [1.807, 2.05) is 18.3 Å². The second-order valence-electron chi connectivity index (χ2n) is 5.74. The van der Waals surface area contributed by atoms with Crippen LogP contribution in [-0.2, 0) is 0 Å². The Labute approximate surface area is 120 Å². The van der Waals surface area contributed by atoms with Crippen molar-refractivity contribution in [1.29, 1.82) is 0 Å². The van der Waals surface area contributed by atoms with Gasteiger partial charge in [0.25, 0.3) is 8.32 Å². The number of hydrogen-bond acceptors (Lipinski definition) is 2. The Kier molecular flexibility index (Phi) is 5.41. The molecule has 0 saturated heterocycles. The van der Waals surface area contributed by atoms with E-state index in [-0.39, 0.29) is 0 Å². The van der Waals surface area contributed by atoms with Crippen LogP contribution in [0.1, 0.15) is 41.5 Å². The molecule has 0 saturated carbocycles. The van der Waals surface area contributed by atoms with Gasteiger partial charge in [0.2, 0.25) is 0 Å². The van der Waals surface area contributed by atoms with Gasteiger partial charge < -0.3 is 4.43 Å². The zero-order valence-electron chi connectivity index (χ0n) is 12.2. The van der Waals surface area contributed by atoms with Crippen molar-refractivity contribution in [2.24, 2.45) is 0 Å². The molecule has 0 atom stereocenters. The van der Waals surface area contributed by atoms with Gasteiger partial charge in [-0.2, -0.15) is 0 Å². The third kappa shape index (κ3) is 3.15. The van der Waals surface area contributed by atoms with Gasteiger partial charge in [-0.3, -0.25) is 0 Å². The molecule has 1 rings (SSSR count). The summed E-state index contributed by atoms with van der Waals surface area (Å²) in [5.74, 6) is 0.904. The third-order valence-corrected chi connectivity index (χ3v) is 10.2. The average Bonchev–Trinajstić information content (AvgIpc) is 2.26. The highest BCUT2D eigenvalue weighted by Crippen LogP contribution is 2.42. The summed E-state index contributed by atoms with van der Waals surface area (Å²) < 4.78 is 7.34. The zero-order chi connectivity index (χ0) is 13.9. The molecular weight excluding hydrogens is 306 g/mol. The van der Waals surface area contributed by atoms with Crippen LogP contribution in [0.4, 0.5) is 0 Å². The van der Waals surface area contributed by atoms with Crippen LogP contribution in [0.5, 0.6) is 5.75 Å². The van der Waals surface area contributed by atoms with Crippen LogP contribution in [0.3, 0.4) is 0 Å². The Morgan fingerprint density at radius 3 is 1.83 bits per heavy atom. The molecule has 0 aliphatic rings. The lowest BCUT2D eigenvalue weighted by atomic mass is 10.5. The highest BCUT2D eigenvalue weighted by Gasteiger charge is 2.46. The van der Waals surface area contributed by atoms with E-state index in [9.17, 15) is 0 Å². The zero-order valence-corrected chi connectivity index (χ0v) is 14.8. The number of hydrogen-bond donors (Lipinski definition) is 0. The number of aromatic nitrogens is 1. The van der Waals surface area contributed by atoms with E-state index >= 15 is 0 Å². The summed E-state index contributed by atoms with van der Waals surface area (Å²) in [6, 6.07) is 3.95. The van der Waals surface area contributed by atoms with Gasteiger partial charge in [0.1, 0.15) is 10.4 Å². The van der Waals surface area contributed by atoms with E-state index in [2.05, 4.69) is 62.5 Å². The molecule has 18 heavy (non-hydrogen) atoms. The van der Waals surface area contributed by atoms with E-state index in [1.54, 1.807) is 0 Å². The summed E-state index contributed by atoms with van der Waals surface area (Å²) in [5.41, 5.74) is 1.75. The predicted molar refractivity (Wildman–Crippen MR) is 83.6 cm³/mol. The standard InChI is InChI=1S/C14H24BrNOSi/c1-10(2)18(11(3)4,12(5)6)17-13-7-8-14(15)16-9-13/h7-12H,1-6H3. The number of halogens is 1. The van der Waals surface area contributed by atoms with E-state index in [0.29, 0.717) is 16.6 Å². The second-order valence-corrected chi connectivity index (χ2v) is 11.9. The van der Waals surface area contributed by atoms with Gasteiger partial charge in [-0.1, -0.05) is 41.5 Å². The first-order valence-corrected chi connectivity index (χ1v) is 9.54. The molecule has 0 radical (unpaired) electrons. The normalized spacial score (nSPS) is 12.6. The first-order valence-electron chi connectivity index (χ1n) is 6.61.